The van der Waals surface area contributed by atoms with Gasteiger partial charge in [0.1, 0.15) is 5.82 Å². The quantitative estimate of drug-likeness (QED) is 0.643. The minimum absolute atomic E-state index is 0.0607. The highest BCUT2D eigenvalue weighted by Gasteiger charge is 2.31. The molecule has 0 bridgehead atoms. The van der Waals surface area contributed by atoms with E-state index in [1.165, 1.54) is 13.0 Å². The van der Waals surface area contributed by atoms with Gasteiger partial charge in [-0.15, -0.1) is 0 Å². The molecule has 19 heavy (non-hydrogen) atoms. The van der Waals surface area contributed by atoms with E-state index in [1.807, 2.05) is 6.92 Å². The Hall–Kier alpha value is -0.750. The van der Waals surface area contributed by atoms with Gasteiger partial charge in [-0.05, 0) is 62.1 Å². The van der Waals surface area contributed by atoms with Crippen molar-refractivity contribution in [3.8, 4) is 0 Å². The van der Waals surface area contributed by atoms with Crippen molar-refractivity contribution in [3.05, 3.63) is 29.1 Å². The van der Waals surface area contributed by atoms with Crippen molar-refractivity contribution in [2.45, 2.75) is 49.6 Å². The lowest BCUT2D eigenvalue weighted by molar-refractivity contribution is -0.0329. The average molecular weight is 295 g/mol. The Balaban J connectivity index is 2.84. The third-order valence-electron chi connectivity index (χ3n) is 2.63. The van der Waals surface area contributed by atoms with Crippen LogP contribution >= 0.6 is 11.8 Å². The van der Waals surface area contributed by atoms with Crippen LogP contribution in [0.15, 0.2) is 17.0 Å². The number of benzene rings is 1. The Morgan fingerprint density at radius 2 is 1.95 bits per heavy atom. The minimum atomic E-state index is -4.47. The van der Waals surface area contributed by atoms with Crippen LogP contribution in [-0.2, 0) is 6.42 Å². The van der Waals surface area contributed by atoms with Gasteiger partial charge in [0.25, 0.3) is 0 Å². The number of aryl methyl sites for hydroxylation is 2. The summed E-state index contributed by atoms with van der Waals surface area (Å²) in [6.45, 7) is 3.35. The van der Waals surface area contributed by atoms with E-state index >= 15 is 0 Å². The van der Waals surface area contributed by atoms with E-state index in [4.69, 9.17) is 5.73 Å². The van der Waals surface area contributed by atoms with E-state index in [-0.39, 0.29) is 16.5 Å². The number of hydrogen-bond donors (Lipinski definition) is 1. The monoisotopic (exact) mass is 295 g/mol. The van der Waals surface area contributed by atoms with Crippen LogP contribution in [0.2, 0.25) is 0 Å². The molecule has 0 radical (unpaired) electrons. The summed E-state index contributed by atoms with van der Waals surface area (Å²) in [5.74, 6) is -0.793. The second-order valence-electron chi connectivity index (χ2n) is 4.64. The number of nitrogens with two attached hydrogens (primary N) is 1. The van der Waals surface area contributed by atoms with Gasteiger partial charge in [-0.25, -0.2) is 4.39 Å². The average Bonchev–Trinajstić information content (AvgIpc) is 2.22. The molecule has 0 saturated carbocycles. The van der Waals surface area contributed by atoms with Gasteiger partial charge in [0.15, 0.2) is 0 Å². The summed E-state index contributed by atoms with van der Waals surface area (Å²) in [4.78, 5) is -0.358. The predicted octanol–water partition coefficient (Wildman–Crippen LogP) is 4.42. The van der Waals surface area contributed by atoms with Crippen LogP contribution in [0.4, 0.5) is 17.6 Å². The van der Waals surface area contributed by atoms with Crippen LogP contribution in [0, 0.1) is 12.7 Å². The molecule has 0 unspecified atom stereocenters. The topological polar surface area (TPSA) is 26.0 Å². The molecule has 0 amide bonds. The molecule has 2 N–H and O–H groups in total. The number of alkyl halides is 3. The van der Waals surface area contributed by atoms with Gasteiger partial charge in [-0.1, -0.05) is 6.07 Å². The first kappa shape index (κ1) is 16.3. The first-order chi connectivity index (χ1) is 8.69. The van der Waals surface area contributed by atoms with E-state index in [0.717, 1.165) is 12.8 Å². The SMILES string of the molecule is Cc1cc(CCC[C@H](C)N)cc(SC(F)(F)F)c1F. The van der Waals surface area contributed by atoms with Gasteiger partial charge < -0.3 is 5.73 Å². The first-order valence-corrected chi connectivity index (χ1v) is 6.81. The maximum atomic E-state index is 13.6. The zero-order chi connectivity index (χ0) is 14.6. The predicted molar refractivity (Wildman–Crippen MR) is 69.6 cm³/mol. The fourth-order valence-electron chi connectivity index (χ4n) is 1.78. The molecule has 0 aliphatic rings. The molecule has 0 aliphatic carbocycles. The second kappa shape index (κ2) is 6.61. The molecule has 6 heteroatoms. The van der Waals surface area contributed by atoms with Crippen molar-refractivity contribution in [2.75, 3.05) is 0 Å². The van der Waals surface area contributed by atoms with Crippen molar-refractivity contribution < 1.29 is 17.6 Å². The van der Waals surface area contributed by atoms with E-state index < -0.39 is 23.1 Å². The summed E-state index contributed by atoms with van der Waals surface area (Å²) in [5.41, 5.74) is 2.09. The van der Waals surface area contributed by atoms with Gasteiger partial charge in [-0.3, -0.25) is 0 Å². The van der Waals surface area contributed by atoms with Gasteiger partial charge >= 0.3 is 5.51 Å². The first-order valence-electron chi connectivity index (χ1n) is 5.99. The molecule has 1 nitrogen and oxygen atoms in total. The molecule has 0 aliphatic heterocycles. The molecule has 0 aromatic heterocycles. The summed E-state index contributed by atoms with van der Waals surface area (Å²) >= 11 is -0.404. The summed E-state index contributed by atoms with van der Waals surface area (Å²) in [5, 5.41) is 0. The van der Waals surface area contributed by atoms with Crippen molar-refractivity contribution in [1.82, 2.24) is 0 Å². The molecule has 0 spiro atoms. The number of rotatable bonds is 5. The van der Waals surface area contributed by atoms with Gasteiger partial charge in [-0.2, -0.15) is 13.2 Å². The highest BCUT2D eigenvalue weighted by atomic mass is 32.2. The zero-order valence-corrected chi connectivity index (χ0v) is 11.7. The van der Waals surface area contributed by atoms with E-state index in [1.54, 1.807) is 6.07 Å². The summed E-state index contributed by atoms with van der Waals surface area (Å²) in [6, 6.07) is 2.93. The number of hydrogen-bond acceptors (Lipinski definition) is 2. The van der Waals surface area contributed by atoms with Gasteiger partial charge in [0.2, 0.25) is 0 Å². The Morgan fingerprint density at radius 3 is 2.47 bits per heavy atom. The van der Waals surface area contributed by atoms with Crippen molar-refractivity contribution in [2.24, 2.45) is 5.73 Å². The standard InChI is InChI=1S/C13H17F4NS/c1-8-6-10(5-3-4-9(2)18)7-11(12(8)14)19-13(15,16)17/h6-7,9H,3-5,18H2,1-2H3/t9-/m0/s1. The third-order valence-corrected chi connectivity index (χ3v) is 3.38. The van der Waals surface area contributed by atoms with Crippen molar-refractivity contribution in [1.29, 1.82) is 0 Å². The second-order valence-corrected chi connectivity index (χ2v) is 5.75. The van der Waals surface area contributed by atoms with E-state index in [9.17, 15) is 17.6 Å². The number of thioether (sulfide) groups is 1. The molecule has 1 rings (SSSR count). The summed E-state index contributed by atoms with van der Waals surface area (Å²) in [6.07, 6.45) is 2.17. The van der Waals surface area contributed by atoms with Gasteiger partial charge in [0.05, 0.1) is 4.90 Å². The lowest BCUT2D eigenvalue weighted by atomic mass is 10.0. The van der Waals surface area contributed by atoms with Crippen molar-refractivity contribution in [3.63, 3.8) is 0 Å². The van der Waals surface area contributed by atoms with Gasteiger partial charge in [0, 0.05) is 6.04 Å². The molecule has 1 atom stereocenters. The van der Waals surface area contributed by atoms with Crippen LogP contribution in [0.3, 0.4) is 0 Å². The molecule has 0 heterocycles. The highest BCUT2D eigenvalue weighted by Crippen LogP contribution is 2.39. The van der Waals surface area contributed by atoms with Crippen LogP contribution < -0.4 is 5.73 Å². The summed E-state index contributed by atoms with van der Waals surface area (Å²) < 4.78 is 50.6. The van der Waals surface area contributed by atoms with Crippen LogP contribution in [-0.4, -0.2) is 11.6 Å². The van der Waals surface area contributed by atoms with E-state index in [2.05, 4.69) is 0 Å². The fourth-order valence-corrected chi connectivity index (χ4v) is 2.49. The Kier molecular flexibility index (Phi) is 5.67. The smallest absolute Gasteiger partial charge is 0.328 e. The Morgan fingerprint density at radius 1 is 1.32 bits per heavy atom. The summed E-state index contributed by atoms with van der Waals surface area (Å²) in [7, 11) is 0. The molecule has 108 valence electrons. The third kappa shape index (κ3) is 5.82. The zero-order valence-electron chi connectivity index (χ0n) is 10.9. The lowest BCUT2D eigenvalue weighted by Crippen LogP contribution is -2.14. The largest absolute Gasteiger partial charge is 0.446 e. The Bertz CT molecular complexity index is 429. The number of halogens is 4. The highest BCUT2D eigenvalue weighted by molar-refractivity contribution is 8.00. The fraction of sp³-hybridized carbons (Fsp3) is 0.538. The van der Waals surface area contributed by atoms with E-state index in [0.29, 0.717) is 12.0 Å². The Labute approximate surface area is 114 Å². The maximum absolute atomic E-state index is 13.6. The van der Waals surface area contributed by atoms with Crippen LogP contribution in [0.25, 0.3) is 0 Å². The molecule has 0 fully saturated rings. The lowest BCUT2D eigenvalue weighted by Gasteiger charge is -2.11. The minimum Gasteiger partial charge on any atom is -0.328 e. The maximum Gasteiger partial charge on any atom is 0.446 e. The van der Waals surface area contributed by atoms with Crippen LogP contribution in [0.1, 0.15) is 30.9 Å². The molecule has 1 aromatic carbocycles. The molecular formula is C13H17F4NS. The van der Waals surface area contributed by atoms with Crippen molar-refractivity contribution >= 4 is 11.8 Å². The van der Waals surface area contributed by atoms with Crippen LogP contribution in [0.5, 0.6) is 0 Å². The normalized spacial score (nSPS) is 13.6. The molecule has 0 saturated heterocycles. The molecule has 1 aromatic rings. The molecular weight excluding hydrogens is 278 g/mol.